The number of benzene rings is 1. The highest BCUT2D eigenvalue weighted by Crippen LogP contribution is 2.22. The van der Waals surface area contributed by atoms with E-state index in [1.54, 1.807) is 18.2 Å². The molecule has 9 heteroatoms. The number of pyridine rings is 1. The molecule has 3 rings (SSSR count). The van der Waals surface area contributed by atoms with Gasteiger partial charge in [0.25, 0.3) is 5.69 Å². The zero-order valence-corrected chi connectivity index (χ0v) is 14.0. The van der Waals surface area contributed by atoms with Gasteiger partial charge in [0.15, 0.2) is 0 Å². The van der Waals surface area contributed by atoms with Crippen LogP contribution in [0.15, 0.2) is 30.3 Å². The second-order valence-corrected chi connectivity index (χ2v) is 7.92. The predicted molar refractivity (Wildman–Crippen MR) is 91.5 cm³/mol. The van der Waals surface area contributed by atoms with Crippen molar-refractivity contribution in [3.8, 4) is 0 Å². The van der Waals surface area contributed by atoms with Gasteiger partial charge in [-0.3, -0.25) is 10.1 Å². The van der Waals surface area contributed by atoms with Crippen molar-refractivity contribution in [3.05, 3.63) is 40.4 Å². The third-order valence-corrected chi connectivity index (χ3v) is 5.36. The Morgan fingerprint density at radius 3 is 2.83 bits per heavy atom. The Labute approximate surface area is 139 Å². The first-order valence-corrected chi connectivity index (χ1v) is 9.44. The van der Waals surface area contributed by atoms with E-state index in [1.807, 2.05) is 0 Å². The van der Waals surface area contributed by atoms with E-state index in [1.165, 1.54) is 22.7 Å². The number of fused-ring (bicyclic) bond motifs is 1. The Bertz CT molecular complexity index is 884. The van der Waals surface area contributed by atoms with Gasteiger partial charge in [-0.15, -0.1) is 0 Å². The third kappa shape index (κ3) is 3.62. The molecule has 0 amide bonds. The van der Waals surface area contributed by atoms with Crippen molar-refractivity contribution in [1.29, 1.82) is 0 Å². The van der Waals surface area contributed by atoms with Crippen LogP contribution in [0.2, 0.25) is 0 Å². The van der Waals surface area contributed by atoms with Gasteiger partial charge in [-0.25, -0.2) is 17.7 Å². The quantitative estimate of drug-likeness (QED) is 0.668. The Balaban J connectivity index is 1.78. The molecule has 1 N–H and O–H groups in total. The largest absolute Gasteiger partial charge is 0.366 e. The minimum absolute atomic E-state index is 0.00327. The van der Waals surface area contributed by atoms with E-state index in [9.17, 15) is 18.5 Å². The van der Waals surface area contributed by atoms with Crippen molar-refractivity contribution in [2.45, 2.75) is 18.9 Å². The molecule has 1 aromatic heterocycles. The van der Waals surface area contributed by atoms with Gasteiger partial charge in [-0.1, -0.05) is 0 Å². The number of nitrogens with zero attached hydrogens (tertiary/aromatic N) is 3. The normalized spacial score (nSPS) is 19.3. The third-order valence-electron chi connectivity index (χ3n) is 4.09. The molecule has 8 nitrogen and oxygen atoms in total. The van der Waals surface area contributed by atoms with Crippen LogP contribution in [0, 0.1) is 10.1 Å². The van der Waals surface area contributed by atoms with Gasteiger partial charge in [0.1, 0.15) is 5.82 Å². The van der Waals surface area contributed by atoms with Crippen LogP contribution in [0.5, 0.6) is 0 Å². The Morgan fingerprint density at radius 2 is 2.12 bits per heavy atom. The first-order valence-electron chi connectivity index (χ1n) is 7.60. The summed E-state index contributed by atoms with van der Waals surface area (Å²) in [5.74, 6) is 0.636. The number of non-ortho nitro benzene ring substituents is 1. The number of nitro groups is 1. The number of hydrogen-bond donors (Lipinski definition) is 1. The Morgan fingerprint density at radius 1 is 1.33 bits per heavy atom. The molecule has 1 aromatic carbocycles. The van der Waals surface area contributed by atoms with Gasteiger partial charge in [0.05, 0.1) is 16.7 Å². The monoisotopic (exact) mass is 350 g/mol. The molecule has 1 saturated heterocycles. The highest BCUT2D eigenvalue weighted by atomic mass is 32.2. The van der Waals surface area contributed by atoms with Crippen molar-refractivity contribution in [2.24, 2.45) is 0 Å². The molecule has 128 valence electrons. The van der Waals surface area contributed by atoms with Crippen molar-refractivity contribution >= 4 is 32.4 Å². The number of rotatable bonds is 4. The predicted octanol–water partition coefficient (Wildman–Crippen LogP) is 1.98. The van der Waals surface area contributed by atoms with Crippen LogP contribution < -0.4 is 5.32 Å². The van der Waals surface area contributed by atoms with E-state index < -0.39 is 14.9 Å². The lowest BCUT2D eigenvalue weighted by atomic mass is 10.1. The maximum absolute atomic E-state index is 11.7. The average Bonchev–Trinajstić information content (AvgIpc) is 2.53. The number of aromatic nitrogens is 1. The summed E-state index contributed by atoms with van der Waals surface area (Å²) < 4.78 is 24.8. The maximum Gasteiger partial charge on any atom is 0.270 e. The number of sulfonamides is 1. The SMILES string of the molecule is CS(=O)(=O)N1CCCC(Nc2ccc3cc([N+](=O)[O-])ccc3n2)C1. The molecule has 2 heterocycles. The number of nitro benzene ring substituents is 1. The first kappa shape index (κ1) is 16.6. The summed E-state index contributed by atoms with van der Waals surface area (Å²) in [5.41, 5.74) is 0.683. The lowest BCUT2D eigenvalue weighted by Crippen LogP contribution is -2.44. The molecule has 2 aromatic rings. The summed E-state index contributed by atoms with van der Waals surface area (Å²) in [6.07, 6.45) is 2.88. The van der Waals surface area contributed by atoms with Crippen LogP contribution in [0.4, 0.5) is 11.5 Å². The van der Waals surface area contributed by atoms with Crippen LogP contribution in [-0.2, 0) is 10.0 Å². The van der Waals surface area contributed by atoms with E-state index in [-0.39, 0.29) is 11.7 Å². The van der Waals surface area contributed by atoms with Crippen LogP contribution in [0.3, 0.4) is 0 Å². The average molecular weight is 350 g/mol. The van der Waals surface area contributed by atoms with E-state index in [0.29, 0.717) is 29.8 Å². The zero-order valence-electron chi connectivity index (χ0n) is 13.2. The molecule has 1 aliphatic heterocycles. The smallest absolute Gasteiger partial charge is 0.270 e. The van der Waals surface area contributed by atoms with Gasteiger partial charge in [-0.05, 0) is 31.0 Å². The highest BCUT2D eigenvalue weighted by Gasteiger charge is 2.25. The van der Waals surface area contributed by atoms with Crippen LogP contribution in [-0.4, -0.2) is 48.0 Å². The maximum atomic E-state index is 11.7. The topological polar surface area (TPSA) is 105 Å². The summed E-state index contributed by atoms with van der Waals surface area (Å²) in [7, 11) is -3.19. The molecular formula is C15H18N4O4S. The molecular weight excluding hydrogens is 332 g/mol. The summed E-state index contributed by atoms with van der Waals surface area (Å²) >= 11 is 0. The molecule has 24 heavy (non-hydrogen) atoms. The van der Waals surface area contributed by atoms with Crippen LogP contribution in [0.1, 0.15) is 12.8 Å². The van der Waals surface area contributed by atoms with E-state index in [2.05, 4.69) is 10.3 Å². The Hall–Kier alpha value is -2.26. The number of piperidine rings is 1. The fraction of sp³-hybridized carbons (Fsp3) is 0.400. The van der Waals surface area contributed by atoms with Gasteiger partial charge in [0.2, 0.25) is 10.0 Å². The van der Waals surface area contributed by atoms with Crippen molar-refractivity contribution in [2.75, 3.05) is 24.7 Å². The van der Waals surface area contributed by atoms with Crippen LogP contribution in [0.25, 0.3) is 10.9 Å². The standard InChI is InChI=1S/C15H18N4O4S/c1-24(22,23)18-8-2-3-12(10-18)16-15-7-4-11-9-13(19(20)21)5-6-14(11)17-15/h4-7,9,12H,2-3,8,10H2,1H3,(H,16,17). The molecule has 1 fully saturated rings. The van der Waals surface area contributed by atoms with Crippen molar-refractivity contribution < 1.29 is 13.3 Å². The number of hydrogen-bond acceptors (Lipinski definition) is 6. The summed E-state index contributed by atoms with van der Waals surface area (Å²) in [4.78, 5) is 14.8. The molecule has 1 aliphatic rings. The first-order chi connectivity index (χ1) is 11.3. The number of anilines is 1. The summed E-state index contributed by atoms with van der Waals surface area (Å²) in [5, 5.41) is 14.8. The lowest BCUT2D eigenvalue weighted by molar-refractivity contribution is -0.384. The van der Waals surface area contributed by atoms with Crippen molar-refractivity contribution in [3.63, 3.8) is 0 Å². The number of nitrogens with one attached hydrogen (secondary N) is 1. The van der Waals surface area contributed by atoms with Gasteiger partial charge >= 0.3 is 0 Å². The molecule has 0 radical (unpaired) electrons. The molecule has 1 unspecified atom stereocenters. The summed E-state index contributed by atoms with van der Waals surface area (Å²) in [6.45, 7) is 0.963. The second-order valence-electron chi connectivity index (χ2n) is 5.94. The Kier molecular flexibility index (Phi) is 4.37. The van der Waals surface area contributed by atoms with Gasteiger partial charge in [0, 0.05) is 36.7 Å². The van der Waals surface area contributed by atoms with Crippen LogP contribution >= 0.6 is 0 Å². The summed E-state index contributed by atoms with van der Waals surface area (Å²) in [6, 6.07) is 8.04. The fourth-order valence-electron chi connectivity index (χ4n) is 2.88. The minimum Gasteiger partial charge on any atom is -0.366 e. The minimum atomic E-state index is -3.19. The second kappa shape index (κ2) is 6.33. The molecule has 0 bridgehead atoms. The molecule has 0 aliphatic carbocycles. The van der Waals surface area contributed by atoms with E-state index in [4.69, 9.17) is 0 Å². The van der Waals surface area contributed by atoms with Gasteiger partial charge in [-0.2, -0.15) is 0 Å². The molecule has 0 spiro atoms. The molecule has 1 atom stereocenters. The highest BCUT2D eigenvalue weighted by molar-refractivity contribution is 7.88. The van der Waals surface area contributed by atoms with Gasteiger partial charge < -0.3 is 5.32 Å². The lowest BCUT2D eigenvalue weighted by Gasteiger charge is -2.31. The van der Waals surface area contributed by atoms with E-state index >= 15 is 0 Å². The zero-order chi connectivity index (χ0) is 17.3. The molecule has 0 saturated carbocycles. The van der Waals surface area contributed by atoms with E-state index in [0.717, 1.165) is 12.8 Å². The fourth-order valence-corrected chi connectivity index (χ4v) is 3.79. The van der Waals surface area contributed by atoms with Crippen molar-refractivity contribution in [1.82, 2.24) is 9.29 Å².